The number of nitrogens with zero attached hydrogens (tertiary/aromatic N) is 1. The molecule has 0 unspecified atom stereocenters. The average molecular weight is 364 g/mol. The summed E-state index contributed by atoms with van der Waals surface area (Å²) in [5.74, 6) is 0.586. The topological polar surface area (TPSA) is 67.0 Å². The molecule has 22 heavy (non-hydrogen) atoms. The van der Waals surface area contributed by atoms with Gasteiger partial charge in [0.2, 0.25) is 0 Å². The van der Waals surface area contributed by atoms with Crippen molar-refractivity contribution in [3.63, 3.8) is 0 Å². The average Bonchev–Trinajstić information content (AvgIpc) is 3.21. The summed E-state index contributed by atoms with van der Waals surface area (Å²) in [6, 6.07) is 9.55. The number of carbonyl (C=O) groups excluding carboxylic acids is 1. The Morgan fingerprint density at radius 3 is 2.86 bits per heavy atom. The van der Waals surface area contributed by atoms with E-state index >= 15 is 0 Å². The third-order valence-corrected chi connectivity index (χ3v) is 4.07. The van der Waals surface area contributed by atoms with Crippen LogP contribution in [-0.2, 0) is 4.74 Å². The first-order chi connectivity index (χ1) is 10.7. The van der Waals surface area contributed by atoms with E-state index in [9.17, 15) is 4.79 Å². The van der Waals surface area contributed by atoms with Gasteiger partial charge in [0.05, 0.1) is 12.3 Å². The van der Waals surface area contributed by atoms with Crippen molar-refractivity contribution in [2.24, 2.45) is 5.92 Å². The molecule has 0 saturated heterocycles. The van der Waals surface area contributed by atoms with Gasteiger partial charge in [0.25, 0.3) is 5.91 Å². The maximum atomic E-state index is 12.0. The van der Waals surface area contributed by atoms with Gasteiger partial charge in [0.1, 0.15) is 5.69 Å². The zero-order valence-electron chi connectivity index (χ0n) is 12.1. The second-order valence-corrected chi connectivity index (χ2v) is 6.36. The van der Waals surface area contributed by atoms with Crippen LogP contribution < -0.4 is 5.32 Å². The first-order valence-electron chi connectivity index (χ1n) is 7.39. The Morgan fingerprint density at radius 1 is 1.36 bits per heavy atom. The van der Waals surface area contributed by atoms with Gasteiger partial charge in [-0.1, -0.05) is 28.1 Å². The maximum absolute atomic E-state index is 12.0. The number of hydrogen-bond acceptors (Lipinski definition) is 3. The Bertz CT molecular complexity index is 635. The molecule has 0 radical (unpaired) electrons. The molecule has 3 rings (SSSR count). The van der Waals surface area contributed by atoms with Gasteiger partial charge in [-0.15, -0.1) is 0 Å². The number of aromatic nitrogens is 2. The number of rotatable bonds is 7. The minimum atomic E-state index is -0.161. The van der Waals surface area contributed by atoms with Crippen LogP contribution in [0.2, 0.25) is 0 Å². The molecule has 5 nitrogen and oxygen atoms in total. The van der Waals surface area contributed by atoms with Crippen molar-refractivity contribution in [1.82, 2.24) is 15.5 Å². The molecule has 2 N–H and O–H groups in total. The van der Waals surface area contributed by atoms with Crippen molar-refractivity contribution in [3.8, 4) is 11.3 Å². The Hall–Kier alpha value is -1.66. The van der Waals surface area contributed by atoms with Crippen LogP contribution in [0.4, 0.5) is 0 Å². The molecule has 1 heterocycles. The number of benzene rings is 1. The zero-order valence-corrected chi connectivity index (χ0v) is 13.7. The lowest BCUT2D eigenvalue weighted by Crippen LogP contribution is -2.27. The SMILES string of the molecule is O=C(NCCOCC1CC1)c1cc(-c2ccc(Br)cc2)n[nH]1. The standard InChI is InChI=1S/C16H18BrN3O2/c17-13-5-3-12(4-6-13)14-9-15(20-19-14)16(21)18-7-8-22-10-11-1-2-11/h3-6,9,11H,1-2,7-8,10H2,(H,18,21)(H,19,20). The lowest BCUT2D eigenvalue weighted by molar-refractivity contribution is 0.0902. The molecule has 116 valence electrons. The van der Waals surface area contributed by atoms with Crippen molar-refractivity contribution in [3.05, 3.63) is 40.5 Å². The molecule has 1 aromatic carbocycles. The zero-order chi connectivity index (χ0) is 15.4. The highest BCUT2D eigenvalue weighted by molar-refractivity contribution is 9.10. The summed E-state index contributed by atoms with van der Waals surface area (Å²) in [6.45, 7) is 1.88. The molecule has 2 aromatic rings. The molecule has 1 aliphatic rings. The van der Waals surface area contributed by atoms with Crippen LogP contribution in [0.3, 0.4) is 0 Å². The molecular formula is C16H18BrN3O2. The molecule has 1 aromatic heterocycles. The second-order valence-electron chi connectivity index (χ2n) is 5.45. The largest absolute Gasteiger partial charge is 0.379 e. The molecule has 1 saturated carbocycles. The fourth-order valence-corrected chi connectivity index (χ4v) is 2.34. The third kappa shape index (κ3) is 4.18. The van der Waals surface area contributed by atoms with E-state index in [1.54, 1.807) is 6.07 Å². The van der Waals surface area contributed by atoms with E-state index in [2.05, 4.69) is 31.4 Å². The van der Waals surface area contributed by atoms with E-state index in [1.807, 2.05) is 24.3 Å². The molecule has 1 aliphatic carbocycles. The molecule has 1 amide bonds. The van der Waals surface area contributed by atoms with Crippen LogP contribution in [0.1, 0.15) is 23.3 Å². The summed E-state index contributed by atoms with van der Waals surface area (Å²) >= 11 is 3.40. The van der Waals surface area contributed by atoms with Crippen molar-refractivity contribution in [1.29, 1.82) is 0 Å². The van der Waals surface area contributed by atoms with Crippen LogP contribution >= 0.6 is 15.9 Å². The predicted octanol–water partition coefficient (Wildman–Crippen LogP) is 3.00. The normalized spacial score (nSPS) is 14.0. The van der Waals surface area contributed by atoms with Crippen LogP contribution in [0.5, 0.6) is 0 Å². The van der Waals surface area contributed by atoms with E-state index < -0.39 is 0 Å². The summed E-state index contributed by atoms with van der Waals surface area (Å²) < 4.78 is 6.49. The van der Waals surface area contributed by atoms with E-state index in [-0.39, 0.29) is 5.91 Å². The van der Waals surface area contributed by atoms with Gasteiger partial charge in [-0.05, 0) is 37.0 Å². The fourth-order valence-electron chi connectivity index (χ4n) is 2.07. The van der Waals surface area contributed by atoms with Gasteiger partial charge >= 0.3 is 0 Å². The summed E-state index contributed by atoms with van der Waals surface area (Å²) in [4.78, 5) is 12.0. The van der Waals surface area contributed by atoms with Crippen LogP contribution in [-0.4, -0.2) is 35.9 Å². The highest BCUT2D eigenvalue weighted by Crippen LogP contribution is 2.28. The number of nitrogens with one attached hydrogen (secondary N) is 2. The number of amides is 1. The van der Waals surface area contributed by atoms with Crippen LogP contribution in [0, 0.1) is 5.92 Å². The van der Waals surface area contributed by atoms with E-state index in [4.69, 9.17) is 4.74 Å². The lowest BCUT2D eigenvalue weighted by Gasteiger charge is -2.04. The molecule has 0 spiro atoms. The van der Waals surface area contributed by atoms with Gasteiger partial charge < -0.3 is 10.1 Å². The minimum Gasteiger partial charge on any atom is -0.379 e. The van der Waals surface area contributed by atoms with Crippen molar-refractivity contribution < 1.29 is 9.53 Å². The Balaban J connectivity index is 1.49. The summed E-state index contributed by atoms with van der Waals surface area (Å²) in [5.41, 5.74) is 2.18. The number of hydrogen-bond donors (Lipinski definition) is 2. The maximum Gasteiger partial charge on any atom is 0.269 e. The number of aromatic amines is 1. The quantitative estimate of drug-likeness (QED) is 0.743. The second kappa shape index (κ2) is 7.07. The fraction of sp³-hybridized carbons (Fsp3) is 0.375. The predicted molar refractivity (Wildman–Crippen MR) is 87.6 cm³/mol. The van der Waals surface area contributed by atoms with Gasteiger partial charge in [-0.3, -0.25) is 9.89 Å². The van der Waals surface area contributed by atoms with Crippen LogP contribution in [0.25, 0.3) is 11.3 Å². The van der Waals surface area contributed by atoms with E-state index in [1.165, 1.54) is 12.8 Å². The van der Waals surface area contributed by atoms with E-state index in [0.717, 1.165) is 28.3 Å². The van der Waals surface area contributed by atoms with E-state index in [0.29, 0.717) is 18.8 Å². The van der Waals surface area contributed by atoms with Gasteiger partial charge in [0, 0.05) is 23.2 Å². The van der Waals surface area contributed by atoms with Crippen LogP contribution in [0.15, 0.2) is 34.8 Å². The minimum absolute atomic E-state index is 0.161. The summed E-state index contributed by atoms with van der Waals surface area (Å²) in [5, 5.41) is 9.78. The van der Waals surface area contributed by atoms with Crippen molar-refractivity contribution in [2.45, 2.75) is 12.8 Å². The number of H-pyrrole nitrogens is 1. The highest BCUT2D eigenvalue weighted by Gasteiger charge is 2.20. The number of carbonyl (C=O) groups is 1. The van der Waals surface area contributed by atoms with Gasteiger partial charge in [-0.2, -0.15) is 5.10 Å². The van der Waals surface area contributed by atoms with Gasteiger partial charge in [-0.25, -0.2) is 0 Å². The molecule has 0 atom stereocenters. The molecular weight excluding hydrogens is 346 g/mol. The molecule has 1 fully saturated rings. The Morgan fingerprint density at radius 2 is 2.14 bits per heavy atom. The lowest BCUT2D eigenvalue weighted by atomic mass is 10.1. The first kappa shape index (κ1) is 15.2. The smallest absolute Gasteiger partial charge is 0.269 e. The Labute approximate surface area is 137 Å². The number of halogens is 1. The van der Waals surface area contributed by atoms with Crippen molar-refractivity contribution >= 4 is 21.8 Å². The highest BCUT2D eigenvalue weighted by atomic mass is 79.9. The Kier molecular flexibility index (Phi) is 4.90. The monoisotopic (exact) mass is 363 g/mol. The molecule has 0 bridgehead atoms. The van der Waals surface area contributed by atoms with Crippen molar-refractivity contribution in [2.75, 3.05) is 19.8 Å². The molecule has 0 aliphatic heterocycles. The first-order valence-corrected chi connectivity index (χ1v) is 8.19. The van der Waals surface area contributed by atoms with Gasteiger partial charge in [0.15, 0.2) is 0 Å². The summed E-state index contributed by atoms with van der Waals surface area (Å²) in [6.07, 6.45) is 2.55. The summed E-state index contributed by atoms with van der Waals surface area (Å²) in [7, 11) is 0. The third-order valence-electron chi connectivity index (χ3n) is 3.54. The number of ether oxygens (including phenoxy) is 1. The molecule has 6 heteroatoms.